The predicted octanol–water partition coefficient (Wildman–Crippen LogP) is 5.51. The number of hydrogen-bond donors (Lipinski definition) is 0. The van der Waals surface area contributed by atoms with Gasteiger partial charge in [-0.3, -0.25) is 0 Å². The van der Waals surface area contributed by atoms with E-state index in [1.807, 2.05) is 0 Å². The third-order valence-electron chi connectivity index (χ3n) is 3.27. The Morgan fingerprint density at radius 1 is 0.880 bits per heavy atom. The molecule has 0 fully saturated rings. The summed E-state index contributed by atoms with van der Waals surface area (Å²) in [5.74, 6) is 23.7. The van der Waals surface area contributed by atoms with Crippen molar-refractivity contribution in [3.05, 3.63) is 11.6 Å². The van der Waals surface area contributed by atoms with E-state index >= 15 is 0 Å². The Bertz CT molecular complexity index is 604. The molecule has 0 aromatic carbocycles. The summed E-state index contributed by atoms with van der Waals surface area (Å²) < 4.78 is 5.77. The molecule has 0 aliphatic heterocycles. The van der Waals surface area contributed by atoms with Crippen molar-refractivity contribution < 1.29 is 4.74 Å². The van der Waals surface area contributed by atoms with Gasteiger partial charge in [-0.1, -0.05) is 62.0 Å². The largest absolute Gasteiger partial charge is 0.353 e. The average molecular weight is 337 g/mol. The molecule has 0 aromatic rings. The molecular weight excluding hydrogens is 304 g/mol. The fourth-order valence-corrected chi connectivity index (χ4v) is 1.80. The Morgan fingerprint density at radius 2 is 1.48 bits per heavy atom. The zero-order valence-electron chi connectivity index (χ0n) is 16.4. The van der Waals surface area contributed by atoms with Crippen LogP contribution in [-0.4, -0.2) is 12.7 Å². The second-order valence-electron chi connectivity index (χ2n) is 6.04. The first-order valence-electron chi connectivity index (χ1n) is 9.39. The van der Waals surface area contributed by atoms with E-state index in [4.69, 9.17) is 4.74 Å². The summed E-state index contributed by atoms with van der Waals surface area (Å²) >= 11 is 0. The van der Waals surface area contributed by atoms with Crippen LogP contribution in [-0.2, 0) is 4.74 Å². The van der Waals surface area contributed by atoms with E-state index in [1.165, 1.54) is 12.0 Å². The van der Waals surface area contributed by atoms with Crippen LogP contribution in [0.25, 0.3) is 0 Å². The molecule has 1 heteroatoms. The molecule has 1 atom stereocenters. The van der Waals surface area contributed by atoms with Gasteiger partial charge in [0.25, 0.3) is 0 Å². The first-order chi connectivity index (χ1) is 12.2. The molecule has 0 amide bonds. The summed E-state index contributed by atoms with van der Waals surface area (Å²) in [5, 5.41) is 0. The summed E-state index contributed by atoms with van der Waals surface area (Å²) in [6.45, 7) is 8.88. The van der Waals surface area contributed by atoms with Crippen molar-refractivity contribution in [3.63, 3.8) is 0 Å². The monoisotopic (exact) mass is 336 g/mol. The van der Waals surface area contributed by atoms with Crippen molar-refractivity contribution in [3.8, 4) is 47.4 Å². The molecule has 1 unspecified atom stereocenters. The van der Waals surface area contributed by atoms with Crippen molar-refractivity contribution in [2.75, 3.05) is 6.61 Å². The SMILES string of the molecule is CCCCC#CC#CCOC(C#CC#CCCCC)CCC=C(C)C. The average Bonchev–Trinajstić information content (AvgIpc) is 2.59. The summed E-state index contributed by atoms with van der Waals surface area (Å²) in [6.07, 6.45) is 10.3. The maximum Gasteiger partial charge on any atom is 0.120 e. The van der Waals surface area contributed by atoms with E-state index in [2.05, 4.69) is 81.1 Å². The van der Waals surface area contributed by atoms with Crippen LogP contribution < -0.4 is 0 Å². The van der Waals surface area contributed by atoms with Gasteiger partial charge in [0.1, 0.15) is 12.7 Å². The molecule has 0 spiro atoms. The van der Waals surface area contributed by atoms with Crippen LogP contribution >= 0.6 is 0 Å². The highest BCUT2D eigenvalue weighted by molar-refractivity contribution is 5.28. The Hall–Kier alpha value is -2.06. The Morgan fingerprint density at radius 3 is 2.08 bits per heavy atom. The molecule has 0 saturated carbocycles. The van der Waals surface area contributed by atoms with Crippen molar-refractivity contribution in [2.45, 2.75) is 85.2 Å². The third-order valence-corrected chi connectivity index (χ3v) is 3.27. The zero-order valence-corrected chi connectivity index (χ0v) is 16.4. The minimum atomic E-state index is -0.126. The summed E-state index contributed by atoms with van der Waals surface area (Å²) in [4.78, 5) is 0. The van der Waals surface area contributed by atoms with Gasteiger partial charge in [-0.2, -0.15) is 0 Å². The summed E-state index contributed by atoms with van der Waals surface area (Å²) in [5.41, 5.74) is 1.31. The van der Waals surface area contributed by atoms with Crippen LogP contribution in [0.15, 0.2) is 11.6 Å². The molecule has 134 valence electrons. The van der Waals surface area contributed by atoms with Gasteiger partial charge >= 0.3 is 0 Å². The van der Waals surface area contributed by atoms with Crippen molar-refractivity contribution in [1.29, 1.82) is 0 Å². The van der Waals surface area contributed by atoms with Gasteiger partial charge in [-0.05, 0) is 63.2 Å². The molecule has 0 bridgehead atoms. The van der Waals surface area contributed by atoms with Crippen LogP contribution in [0.3, 0.4) is 0 Å². The lowest BCUT2D eigenvalue weighted by Crippen LogP contribution is -2.10. The molecule has 0 N–H and O–H groups in total. The zero-order chi connectivity index (χ0) is 18.6. The minimum absolute atomic E-state index is 0.126. The molecule has 0 radical (unpaired) electrons. The van der Waals surface area contributed by atoms with Gasteiger partial charge in [-0.15, -0.1) is 0 Å². The van der Waals surface area contributed by atoms with Crippen molar-refractivity contribution in [2.24, 2.45) is 0 Å². The molecule has 0 saturated heterocycles. The van der Waals surface area contributed by atoms with E-state index in [0.717, 1.165) is 44.9 Å². The lowest BCUT2D eigenvalue weighted by molar-refractivity contribution is 0.114. The second-order valence-corrected chi connectivity index (χ2v) is 6.04. The summed E-state index contributed by atoms with van der Waals surface area (Å²) in [7, 11) is 0. The Balaban J connectivity index is 4.44. The van der Waals surface area contributed by atoms with Crippen molar-refractivity contribution in [1.82, 2.24) is 0 Å². The molecular formula is C24H32O. The summed E-state index contributed by atoms with van der Waals surface area (Å²) in [6, 6.07) is 0. The van der Waals surface area contributed by atoms with Gasteiger partial charge in [0.2, 0.25) is 0 Å². The molecule has 1 nitrogen and oxygen atoms in total. The Kier molecular flexibility index (Phi) is 16.8. The van der Waals surface area contributed by atoms with Crippen LogP contribution in [0.2, 0.25) is 0 Å². The highest BCUT2D eigenvalue weighted by atomic mass is 16.5. The maximum absolute atomic E-state index is 5.77. The van der Waals surface area contributed by atoms with Crippen LogP contribution in [0.4, 0.5) is 0 Å². The maximum atomic E-state index is 5.77. The number of unbranched alkanes of at least 4 members (excludes halogenated alkanes) is 4. The van der Waals surface area contributed by atoms with Gasteiger partial charge < -0.3 is 4.74 Å². The number of rotatable bonds is 9. The van der Waals surface area contributed by atoms with Gasteiger partial charge in [0.15, 0.2) is 0 Å². The highest BCUT2D eigenvalue weighted by Crippen LogP contribution is 2.04. The number of allylic oxidation sites excluding steroid dienone is 2. The first-order valence-corrected chi connectivity index (χ1v) is 9.39. The topological polar surface area (TPSA) is 9.23 Å². The predicted molar refractivity (Wildman–Crippen MR) is 109 cm³/mol. The Labute approximate surface area is 156 Å². The van der Waals surface area contributed by atoms with E-state index in [1.54, 1.807) is 0 Å². The molecule has 0 heterocycles. The lowest BCUT2D eigenvalue weighted by Gasteiger charge is -2.08. The van der Waals surface area contributed by atoms with Gasteiger partial charge in [0, 0.05) is 12.8 Å². The standard InChI is InChI=1S/C24H32O/c1-5-7-9-11-13-15-17-22-25-24(21-18-19-23(3)4)20-16-14-12-10-8-6-2/h19,24H,5-10,18,21-22H2,1-4H3. The number of ether oxygens (including phenoxy) is 1. The smallest absolute Gasteiger partial charge is 0.120 e. The molecule has 0 aliphatic carbocycles. The third kappa shape index (κ3) is 18.1. The van der Waals surface area contributed by atoms with E-state index in [0.29, 0.717) is 6.61 Å². The fraction of sp³-hybridized carbons (Fsp3) is 0.583. The molecule has 0 rings (SSSR count). The van der Waals surface area contributed by atoms with E-state index in [9.17, 15) is 0 Å². The van der Waals surface area contributed by atoms with Crippen molar-refractivity contribution >= 4 is 0 Å². The highest BCUT2D eigenvalue weighted by Gasteiger charge is 2.03. The number of hydrogen-bond acceptors (Lipinski definition) is 1. The normalized spacial score (nSPS) is 9.76. The van der Waals surface area contributed by atoms with Gasteiger partial charge in [0.05, 0.1) is 0 Å². The minimum Gasteiger partial charge on any atom is -0.353 e. The molecule has 0 aliphatic rings. The fourth-order valence-electron chi connectivity index (χ4n) is 1.80. The van der Waals surface area contributed by atoms with Gasteiger partial charge in [-0.25, -0.2) is 0 Å². The van der Waals surface area contributed by atoms with Crippen LogP contribution in [0, 0.1) is 47.4 Å². The van der Waals surface area contributed by atoms with Crippen LogP contribution in [0.5, 0.6) is 0 Å². The quantitative estimate of drug-likeness (QED) is 0.306. The van der Waals surface area contributed by atoms with E-state index in [-0.39, 0.29) is 6.10 Å². The second kappa shape index (κ2) is 18.3. The molecule has 25 heavy (non-hydrogen) atoms. The van der Waals surface area contributed by atoms with E-state index < -0.39 is 0 Å². The first kappa shape index (κ1) is 22.9. The lowest BCUT2D eigenvalue weighted by atomic mass is 10.1. The van der Waals surface area contributed by atoms with Crippen LogP contribution in [0.1, 0.15) is 79.1 Å². The molecule has 0 aromatic heterocycles.